The summed E-state index contributed by atoms with van der Waals surface area (Å²) in [5.74, 6) is -2.15. The molecule has 0 aromatic heterocycles. The van der Waals surface area contributed by atoms with Crippen molar-refractivity contribution in [3.05, 3.63) is 29.8 Å². The molecular weight excluding hydrogens is 551 g/mol. The molecule has 0 bridgehead atoms. The topological polar surface area (TPSA) is 128 Å². The minimum atomic E-state index is -4.55. The molecule has 14 heteroatoms. The molecule has 10 nitrogen and oxygen atoms in total. The molecule has 3 N–H and O–H groups in total. The van der Waals surface area contributed by atoms with E-state index in [1.165, 1.54) is 31.1 Å². The van der Waals surface area contributed by atoms with Gasteiger partial charge in [0.25, 0.3) is 5.91 Å². The third-order valence-corrected chi connectivity index (χ3v) is 8.91. The highest BCUT2D eigenvalue weighted by molar-refractivity contribution is 7.87. The number of hydrogen-bond acceptors (Lipinski definition) is 6. The molecule has 0 radical (unpaired) electrons. The maximum absolute atomic E-state index is 13.8. The molecule has 3 rings (SSSR count). The molecule has 40 heavy (non-hydrogen) atoms. The summed E-state index contributed by atoms with van der Waals surface area (Å²) in [4.78, 5) is 41.7. The lowest BCUT2D eigenvalue weighted by molar-refractivity contribution is -0.141. The predicted molar refractivity (Wildman–Crippen MR) is 143 cm³/mol. The van der Waals surface area contributed by atoms with Gasteiger partial charge >= 0.3 is 16.4 Å². The Hall–Kier alpha value is -2.87. The number of alkyl halides is 3. The maximum atomic E-state index is 13.8. The molecule has 1 aliphatic heterocycles. The van der Waals surface area contributed by atoms with Crippen molar-refractivity contribution in [1.29, 1.82) is 0 Å². The van der Waals surface area contributed by atoms with E-state index in [0.717, 1.165) is 16.4 Å². The zero-order valence-corrected chi connectivity index (χ0v) is 24.4. The van der Waals surface area contributed by atoms with Crippen LogP contribution in [0.25, 0.3) is 0 Å². The number of nitrogens with one attached hydrogen (secondary N) is 3. The summed E-state index contributed by atoms with van der Waals surface area (Å²) in [6.45, 7) is 7.37. The monoisotopic (exact) mass is 589 g/mol. The number of rotatable bonds is 9. The fraction of sp³-hybridized carbons (Fsp3) is 0.654. The lowest BCUT2D eigenvalue weighted by Crippen LogP contribution is -2.59. The van der Waals surface area contributed by atoms with Gasteiger partial charge in [0.1, 0.15) is 17.6 Å². The van der Waals surface area contributed by atoms with E-state index in [-0.39, 0.29) is 24.6 Å². The van der Waals surface area contributed by atoms with Crippen molar-refractivity contribution < 1.29 is 36.0 Å². The lowest BCUT2D eigenvalue weighted by atomic mass is 9.85. The average Bonchev–Trinajstić information content (AvgIpc) is 3.33. The first-order chi connectivity index (χ1) is 18.3. The van der Waals surface area contributed by atoms with Crippen LogP contribution < -0.4 is 15.4 Å². The van der Waals surface area contributed by atoms with Crippen molar-refractivity contribution in [1.82, 2.24) is 19.2 Å². The standard InChI is InChI=1S/C26H38F3N5O5S/c1-7-16-15-25(16,23(37)32-40(38,39)33(5)6)31-21(35)19-12-9-13-34(19)22(36)20(24(2,3)4)30-18-11-8-10-17(14-18)26(27,28)29/h8,10-11,14,16,19-20,30H,7,9,12-13,15H2,1-6H3,(H,31,35)(H,32,37)/t16?,19?,20-,25-/m1/s1. The fourth-order valence-corrected chi connectivity index (χ4v) is 5.58. The second-order valence-electron chi connectivity index (χ2n) is 11.7. The molecule has 1 aromatic carbocycles. The Balaban J connectivity index is 1.81. The van der Waals surface area contributed by atoms with Crippen molar-refractivity contribution in [3.8, 4) is 0 Å². The number of benzene rings is 1. The first kappa shape index (κ1) is 31.7. The Morgan fingerprint density at radius 2 is 1.82 bits per heavy atom. The smallest absolute Gasteiger partial charge is 0.373 e. The summed E-state index contributed by atoms with van der Waals surface area (Å²) in [6, 6.07) is 2.68. The first-order valence-corrected chi connectivity index (χ1v) is 14.6. The lowest BCUT2D eigenvalue weighted by Gasteiger charge is -2.36. The average molecular weight is 590 g/mol. The number of likely N-dealkylation sites (tertiary alicyclic amines) is 1. The number of anilines is 1. The van der Waals surface area contributed by atoms with E-state index in [9.17, 15) is 36.0 Å². The van der Waals surface area contributed by atoms with Gasteiger partial charge in [-0.1, -0.05) is 40.2 Å². The summed E-state index contributed by atoms with van der Waals surface area (Å²) in [5, 5.41) is 5.68. The third-order valence-electron chi connectivity index (χ3n) is 7.50. The Morgan fingerprint density at radius 3 is 2.35 bits per heavy atom. The Kier molecular flexibility index (Phi) is 8.85. The van der Waals surface area contributed by atoms with Crippen molar-refractivity contribution in [2.75, 3.05) is 26.0 Å². The van der Waals surface area contributed by atoms with Gasteiger partial charge in [0.15, 0.2) is 0 Å². The summed E-state index contributed by atoms with van der Waals surface area (Å²) in [6.07, 6.45) is -2.94. The number of carbonyl (C=O) groups is 3. The molecule has 224 valence electrons. The van der Waals surface area contributed by atoms with Crippen LogP contribution in [0.4, 0.5) is 18.9 Å². The van der Waals surface area contributed by atoms with Crippen LogP contribution in [0.3, 0.4) is 0 Å². The van der Waals surface area contributed by atoms with Crippen LogP contribution in [0.1, 0.15) is 58.9 Å². The van der Waals surface area contributed by atoms with Crippen LogP contribution >= 0.6 is 0 Å². The van der Waals surface area contributed by atoms with Crippen LogP contribution in [-0.4, -0.2) is 73.6 Å². The van der Waals surface area contributed by atoms with E-state index in [1.54, 1.807) is 20.8 Å². The molecular formula is C26H38F3N5O5S. The molecule has 3 amide bonds. The Labute approximate surface area is 233 Å². The largest absolute Gasteiger partial charge is 0.416 e. The highest BCUT2D eigenvalue weighted by Crippen LogP contribution is 2.46. The van der Waals surface area contributed by atoms with Gasteiger partial charge in [0, 0.05) is 26.3 Å². The predicted octanol–water partition coefficient (Wildman–Crippen LogP) is 2.73. The first-order valence-electron chi connectivity index (χ1n) is 13.1. The van der Waals surface area contributed by atoms with Crippen molar-refractivity contribution in [2.45, 2.75) is 77.2 Å². The summed E-state index contributed by atoms with van der Waals surface area (Å²) < 4.78 is 67.1. The zero-order chi connectivity index (χ0) is 30.3. The second-order valence-corrected chi connectivity index (χ2v) is 13.6. The van der Waals surface area contributed by atoms with Crippen LogP contribution in [0.2, 0.25) is 0 Å². The third kappa shape index (κ3) is 6.70. The van der Waals surface area contributed by atoms with Gasteiger partial charge in [-0.25, -0.2) is 4.72 Å². The minimum absolute atomic E-state index is 0.116. The Bertz CT molecular complexity index is 1250. The molecule has 1 aromatic rings. The van der Waals surface area contributed by atoms with E-state index in [1.807, 2.05) is 11.6 Å². The van der Waals surface area contributed by atoms with Gasteiger partial charge in [-0.05, 0) is 48.8 Å². The van der Waals surface area contributed by atoms with Gasteiger partial charge in [0.05, 0.1) is 5.56 Å². The van der Waals surface area contributed by atoms with Crippen LogP contribution in [0, 0.1) is 11.3 Å². The van der Waals surface area contributed by atoms with E-state index in [0.29, 0.717) is 19.3 Å². The minimum Gasteiger partial charge on any atom is -0.373 e. The Morgan fingerprint density at radius 1 is 1.18 bits per heavy atom. The SMILES string of the molecule is CCC1C[C@]1(NC(=O)C1CCCN1C(=O)[C@@H](Nc1cccc(C(F)(F)F)c1)C(C)(C)C)C(=O)NS(=O)(=O)N(C)C. The molecule has 2 aliphatic rings. The molecule has 1 saturated heterocycles. The fourth-order valence-electron chi connectivity index (χ4n) is 4.98. The van der Waals surface area contributed by atoms with E-state index in [2.05, 4.69) is 10.6 Å². The summed E-state index contributed by atoms with van der Waals surface area (Å²) >= 11 is 0. The molecule has 2 fully saturated rings. The number of nitrogens with zero attached hydrogens (tertiary/aromatic N) is 2. The van der Waals surface area contributed by atoms with Gasteiger partial charge in [0.2, 0.25) is 11.8 Å². The van der Waals surface area contributed by atoms with Gasteiger partial charge in [-0.2, -0.15) is 25.9 Å². The summed E-state index contributed by atoms with van der Waals surface area (Å²) in [5.41, 5.74) is -2.89. The number of halogens is 3. The second kappa shape index (κ2) is 11.2. The van der Waals surface area contributed by atoms with E-state index in [4.69, 9.17) is 0 Å². The molecule has 1 aliphatic carbocycles. The highest BCUT2D eigenvalue weighted by Gasteiger charge is 2.61. The van der Waals surface area contributed by atoms with Crippen LogP contribution in [-0.2, 0) is 30.8 Å². The van der Waals surface area contributed by atoms with Crippen LogP contribution in [0.15, 0.2) is 24.3 Å². The molecule has 4 atom stereocenters. The van der Waals surface area contributed by atoms with Gasteiger partial charge in [-0.15, -0.1) is 0 Å². The van der Waals surface area contributed by atoms with Gasteiger partial charge in [-0.3, -0.25) is 14.4 Å². The molecule has 0 spiro atoms. The van der Waals surface area contributed by atoms with Crippen LogP contribution in [0.5, 0.6) is 0 Å². The summed E-state index contributed by atoms with van der Waals surface area (Å²) in [7, 11) is -1.54. The quantitative estimate of drug-likeness (QED) is 0.407. The van der Waals surface area contributed by atoms with Crippen molar-refractivity contribution >= 4 is 33.6 Å². The molecule has 1 saturated carbocycles. The number of carbonyl (C=O) groups excluding carboxylic acids is 3. The van der Waals surface area contributed by atoms with Crippen molar-refractivity contribution in [3.63, 3.8) is 0 Å². The molecule has 2 unspecified atom stereocenters. The van der Waals surface area contributed by atoms with E-state index < -0.39 is 62.7 Å². The molecule has 1 heterocycles. The zero-order valence-electron chi connectivity index (χ0n) is 23.6. The number of amides is 3. The van der Waals surface area contributed by atoms with Gasteiger partial charge < -0.3 is 15.5 Å². The maximum Gasteiger partial charge on any atom is 0.416 e. The highest BCUT2D eigenvalue weighted by atomic mass is 32.2. The van der Waals surface area contributed by atoms with E-state index >= 15 is 0 Å². The number of hydrogen-bond donors (Lipinski definition) is 3. The normalized spacial score (nSPS) is 24.0. The van der Waals surface area contributed by atoms with Crippen molar-refractivity contribution in [2.24, 2.45) is 11.3 Å².